The summed E-state index contributed by atoms with van der Waals surface area (Å²) in [5.74, 6) is 0. The second-order valence-electron chi connectivity index (χ2n) is 0.762. The van der Waals surface area contributed by atoms with E-state index in [9.17, 15) is 0 Å². The van der Waals surface area contributed by atoms with Gasteiger partial charge in [-0.1, -0.05) is 0 Å². The summed E-state index contributed by atoms with van der Waals surface area (Å²) in [7, 11) is 3.00. The molecular formula is C7H18NO3Ti-. The first-order valence-electron chi connectivity index (χ1n) is 2.92. The van der Waals surface area contributed by atoms with Crippen LogP contribution in [0.1, 0.15) is 12.8 Å². The standard InChI is InChI=1S/C4H6N.3CH4O.Ti/c1-2-3-4-5;3*1-2;/h1-3H2;3*2H,1H3;/q-1;;;;. The quantitative estimate of drug-likeness (QED) is 0.420. The summed E-state index contributed by atoms with van der Waals surface area (Å²) < 4.78 is 0. The van der Waals surface area contributed by atoms with E-state index in [-0.39, 0.29) is 21.7 Å². The molecule has 0 rings (SSSR count). The minimum atomic E-state index is 0. The first kappa shape index (κ1) is 29.6. The summed E-state index contributed by atoms with van der Waals surface area (Å²) >= 11 is 0. The molecule has 0 heterocycles. The normalized spacial score (nSPS) is 4.17. The van der Waals surface area contributed by atoms with Crippen molar-refractivity contribution in [2.75, 3.05) is 21.3 Å². The van der Waals surface area contributed by atoms with Gasteiger partial charge in [-0.25, -0.2) is 0 Å². The van der Waals surface area contributed by atoms with Crippen molar-refractivity contribution in [2.24, 2.45) is 0 Å². The Morgan fingerprint density at radius 3 is 1.33 bits per heavy atom. The Labute approximate surface area is 89.7 Å². The van der Waals surface area contributed by atoms with Gasteiger partial charge in [-0.2, -0.15) is 11.7 Å². The molecule has 0 saturated carbocycles. The second-order valence-corrected chi connectivity index (χ2v) is 0.762. The van der Waals surface area contributed by atoms with E-state index < -0.39 is 0 Å². The van der Waals surface area contributed by atoms with Gasteiger partial charge in [0.1, 0.15) is 0 Å². The number of nitriles is 1. The molecule has 4 nitrogen and oxygen atoms in total. The van der Waals surface area contributed by atoms with E-state index in [2.05, 4.69) is 6.92 Å². The molecule has 0 aromatic rings. The third-order valence-corrected chi connectivity index (χ3v) is 0.289. The summed E-state index contributed by atoms with van der Waals surface area (Å²) in [5.41, 5.74) is 0. The number of nitrogens with zero attached hydrogens (tertiary/aromatic N) is 1. The van der Waals surface area contributed by atoms with Crippen molar-refractivity contribution < 1.29 is 37.0 Å². The van der Waals surface area contributed by atoms with E-state index >= 15 is 0 Å². The Balaban J connectivity index is -0.0000000203. The molecule has 0 radical (unpaired) electrons. The molecule has 0 amide bonds. The van der Waals surface area contributed by atoms with Gasteiger partial charge < -0.3 is 22.2 Å². The molecule has 0 aromatic carbocycles. The minimum Gasteiger partial charge on any atom is -0.400 e. The maximum atomic E-state index is 7.78. The Kier molecular flexibility index (Phi) is 292. The first-order valence-corrected chi connectivity index (χ1v) is 2.92. The van der Waals surface area contributed by atoms with Gasteiger partial charge in [-0.15, -0.1) is 0 Å². The molecule has 0 fully saturated rings. The topological polar surface area (TPSA) is 84.5 Å². The molecule has 0 atom stereocenters. The van der Waals surface area contributed by atoms with Crippen LogP contribution in [0.3, 0.4) is 0 Å². The zero-order valence-corrected chi connectivity index (χ0v) is 9.47. The van der Waals surface area contributed by atoms with Crippen LogP contribution in [0.4, 0.5) is 0 Å². The summed E-state index contributed by atoms with van der Waals surface area (Å²) in [6, 6.07) is 1.95. The fraction of sp³-hybridized carbons (Fsp3) is 0.714. The summed E-state index contributed by atoms with van der Waals surface area (Å²) in [5, 5.41) is 28.8. The van der Waals surface area contributed by atoms with Crippen LogP contribution in [-0.2, 0) is 21.7 Å². The number of rotatable bonds is 1. The van der Waals surface area contributed by atoms with Crippen molar-refractivity contribution in [2.45, 2.75) is 12.8 Å². The van der Waals surface area contributed by atoms with Gasteiger partial charge in [0.2, 0.25) is 0 Å². The third-order valence-electron chi connectivity index (χ3n) is 0.289. The molecule has 0 bridgehead atoms. The van der Waals surface area contributed by atoms with Gasteiger partial charge >= 0.3 is 0 Å². The van der Waals surface area contributed by atoms with E-state index in [1.165, 1.54) is 0 Å². The molecule has 0 saturated heterocycles. The number of unbranched alkanes of at least 4 members (excludes halogenated alkanes) is 1. The second kappa shape index (κ2) is 118. The number of aliphatic hydroxyl groups is 3. The first-order chi connectivity index (χ1) is 5.41. The molecule has 0 spiro atoms. The smallest absolute Gasteiger partial charge is 0.0594 e. The predicted molar refractivity (Wildman–Crippen MR) is 44.6 cm³/mol. The van der Waals surface area contributed by atoms with Gasteiger partial charge in [0.05, 0.1) is 6.07 Å². The SMILES string of the molecule is CO.CO.CO.[CH2-]CCC#N.[Ti]. The molecule has 5 heteroatoms. The molecule has 74 valence electrons. The molecule has 0 aliphatic carbocycles. The van der Waals surface area contributed by atoms with Crippen LogP contribution in [-0.4, -0.2) is 36.6 Å². The summed E-state index contributed by atoms with van der Waals surface area (Å²) in [6.45, 7) is 3.45. The maximum absolute atomic E-state index is 7.78. The van der Waals surface area contributed by atoms with Crippen LogP contribution in [0.15, 0.2) is 0 Å². The Bertz CT molecular complexity index is 57.1. The van der Waals surface area contributed by atoms with Crippen LogP contribution in [0.25, 0.3) is 0 Å². The zero-order valence-electron chi connectivity index (χ0n) is 7.91. The fourth-order valence-corrected chi connectivity index (χ4v) is 0.0791. The minimum absolute atomic E-state index is 0. The predicted octanol–water partition coefficient (Wildman–Crippen LogP) is -0.0527. The van der Waals surface area contributed by atoms with Crippen molar-refractivity contribution in [1.82, 2.24) is 0 Å². The van der Waals surface area contributed by atoms with Gasteiger partial charge in [-0.3, -0.25) is 0 Å². The van der Waals surface area contributed by atoms with Crippen molar-refractivity contribution in [1.29, 1.82) is 5.26 Å². The zero-order chi connectivity index (χ0) is 10.1. The average Bonchev–Trinajstić information content (AvgIpc) is 2.16. The summed E-state index contributed by atoms with van der Waals surface area (Å²) in [6.07, 6.45) is 1.32. The molecule has 3 N–H and O–H groups in total. The van der Waals surface area contributed by atoms with Crippen LogP contribution in [0.5, 0.6) is 0 Å². The Hall–Kier alpha value is 0.0843. The van der Waals surface area contributed by atoms with E-state index in [0.717, 1.165) is 27.8 Å². The van der Waals surface area contributed by atoms with Gasteiger partial charge in [0.15, 0.2) is 0 Å². The van der Waals surface area contributed by atoms with Crippen LogP contribution in [0.2, 0.25) is 0 Å². The third kappa shape index (κ3) is 192. The van der Waals surface area contributed by atoms with Crippen molar-refractivity contribution >= 4 is 0 Å². The molecule has 0 aromatic heterocycles. The fourth-order valence-electron chi connectivity index (χ4n) is 0.0791. The van der Waals surface area contributed by atoms with Crippen LogP contribution >= 0.6 is 0 Å². The van der Waals surface area contributed by atoms with Crippen LogP contribution < -0.4 is 0 Å². The van der Waals surface area contributed by atoms with Gasteiger partial charge in [0.25, 0.3) is 0 Å². The molecule has 0 unspecified atom stereocenters. The van der Waals surface area contributed by atoms with Crippen molar-refractivity contribution in [3.63, 3.8) is 0 Å². The average molecular weight is 212 g/mol. The van der Waals surface area contributed by atoms with Gasteiger partial charge in [-0.05, 0) is 0 Å². The van der Waals surface area contributed by atoms with Crippen molar-refractivity contribution in [3.8, 4) is 6.07 Å². The Morgan fingerprint density at radius 1 is 1.08 bits per heavy atom. The Morgan fingerprint density at radius 2 is 1.33 bits per heavy atom. The van der Waals surface area contributed by atoms with E-state index in [1.54, 1.807) is 0 Å². The molecule has 12 heavy (non-hydrogen) atoms. The number of aliphatic hydroxyl groups excluding tert-OH is 3. The van der Waals surface area contributed by atoms with Gasteiger partial charge in [0, 0.05) is 49.5 Å². The number of hydrogen-bond donors (Lipinski definition) is 3. The van der Waals surface area contributed by atoms with E-state index in [0.29, 0.717) is 6.42 Å². The summed E-state index contributed by atoms with van der Waals surface area (Å²) in [4.78, 5) is 0. The molecular weight excluding hydrogens is 194 g/mol. The maximum Gasteiger partial charge on any atom is 0.0594 e. The number of hydrogen-bond acceptors (Lipinski definition) is 4. The van der Waals surface area contributed by atoms with Crippen LogP contribution in [0, 0.1) is 18.3 Å². The molecule has 0 aliphatic heterocycles. The van der Waals surface area contributed by atoms with E-state index in [4.69, 9.17) is 20.6 Å². The van der Waals surface area contributed by atoms with E-state index in [1.807, 2.05) is 6.07 Å². The monoisotopic (exact) mass is 212 g/mol. The molecule has 0 aliphatic rings. The van der Waals surface area contributed by atoms with Crippen molar-refractivity contribution in [3.05, 3.63) is 6.92 Å². The largest absolute Gasteiger partial charge is 0.400 e.